The van der Waals surface area contributed by atoms with Gasteiger partial charge in [0.15, 0.2) is 0 Å². The zero-order chi connectivity index (χ0) is 9.97. The number of thiazole rings is 1. The van der Waals surface area contributed by atoms with Crippen LogP contribution in [0.3, 0.4) is 0 Å². The highest BCUT2D eigenvalue weighted by Gasteiger charge is 2.07. The van der Waals surface area contributed by atoms with E-state index in [1.165, 1.54) is 10.9 Å². The smallest absolute Gasteiger partial charge is 0.237 e. The van der Waals surface area contributed by atoms with E-state index in [-0.39, 0.29) is 5.91 Å². The summed E-state index contributed by atoms with van der Waals surface area (Å²) in [5.41, 5.74) is 0.825. The fraction of sp³-hybridized carbons (Fsp3) is 0.222. The van der Waals surface area contributed by atoms with E-state index in [9.17, 15) is 4.79 Å². The Balaban J connectivity index is 2.09. The van der Waals surface area contributed by atoms with Gasteiger partial charge in [-0.1, -0.05) is 0 Å². The average Bonchev–Trinajstić information content (AvgIpc) is 2.75. The van der Waals surface area contributed by atoms with Crippen molar-refractivity contribution in [1.82, 2.24) is 14.5 Å². The number of aryl methyl sites for hydroxylation is 1. The minimum Gasteiger partial charge on any atom is -0.276 e. The van der Waals surface area contributed by atoms with Crippen LogP contribution in [0.15, 0.2) is 24.1 Å². The van der Waals surface area contributed by atoms with Crippen LogP contribution in [0.2, 0.25) is 0 Å². The number of hydrogen-bond donors (Lipinski definition) is 0. The van der Waals surface area contributed by atoms with Crippen LogP contribution in [0.25, 0.3) is 0 Å². The van der Waals surface area contributed by atoms with E-state index in [4.69, 9.17) is 0 Å². The molecule has 0 unspecified atom stereocenters. The van der Waals surface area contributed by atoms with Crippen LogP contribution in [0.1, 0.15) is 15.5 Å². The average molecular weight is 207 g/mol. The molecule has 0 saturated carbocycles. The first-order valence-electron chi connectivity index (χ1n) is 4.18. The molecule has 0 fully saturated rings. The van der Waals surface area contributed by atoms with Gasteiger partial charge in [0.2, 0.25) is 5.91 Å². The number of aromatic nitrogens is 3. The van der Waals surface area contributed by atoms with Crippen molar-refractivity contribution in [2.24, 2.45) is 0 Å². The normalized spacial score (nSPS) is 10.4. The minimum absolute atomic E-state index is 0.00667. The molecule has 72 valence electrons. The van der Waals surface area contributed by atoms with Gasteiger partial charge in [-0.25, -0.2) is 9.97 Å². The molecule has 14 heavy (non-hydrogen) atoms. The summed E-state index contributed by atoms with van der Waals surface area (Å²) in [5, 5.41) is 2.89. The molecule has 2 aromatic heterocycles. The maximum Gasteiger partial charge on any atom is 0.237 e. The van der Waals surface area contributed by atoms with Crippen LogP contribution in [-0.2, 0) is 6.42 Å². The third-order valence-electron chi connectivity index (χ3n) is 1.79. The topological polar surface area (TPSA) is 47.8 Å². The lowest BCUT2D eigenvalue weighted by molar-refractivity contribution is 0.0913. The van der Waals surface area contributed by atoms with Gasteiger partial charge in [0.1, 0.15) is 6.33 Å². The Labute approximate surface area is 85.2 Å². The van der Waals surface area contributed by atoms with E-state index in [2.05, 4.69) is 9.97 Å². The standard InChI is InChI=1S/C9H9N3OS/c1-7-11-8(5-14-7)4-9(13)12-3-2-10-6-12/h2-3,5-6H,4H2,1H3. The van der Waals surface area contributed by atoms with Crippen molar-refractivity contribution < 1.29 is 4.79 Å². The summed E-state index contributed by atoms with van der Waals surface area (Å²) in [6.07, 6.45) is 5.06. The maximum absolute atomic E-state index is 11.6. The summed E-state index contributed by atoms with van der Waals surface area (Å²) in [6, 6.07) is 0. The Bertz CT molecular complexity index is 433. The quantitative estimate of drug-likeness (QED) is 0.750. The van der Waals surface area contributed by atoms with E-state index in [1.807, 2.05) is 12.3 Å². The van der Waals surface area contributed by atoms with Crippen molar-refractivity contribution >= 4 is 17.2 Å². The number of nitrogens with zero attached hydrogens (tertiary/aromatic N) is 3. The minimum atomic E-state index is -0.00667. The fourth-order valence-electron chi connectivity index (χ4n) is 1.14. The molecule has 2 rings (SSSR count). The van der Waals surface area contributed by atoms with Crippen LogP contribution in [0.4, 0.5) is 0 Å². The Kier molecular flexibility index (Phi) is 2.41. The molecule has 0 saturated heterocycles. The van der Waals surface area contributed by atoms with Crippen LogP contribution in [0.5, 0.6) is 0 Å². The lowest BCUT2D eigenvalue weighted by Crippen LogP contribution is -2.11. The molecule has 0 aliphatic rings. The fourth-order valence-corrected chi connectivity index (χ4v) is 1.75. The Morgan fingerprint density at radius 1 is 1.64 bits per heavy atom. The van der Waals surface area contributed by atoms with Crippen LogP contribution < -0.4 is 0 Å². The molecule has 0 aliphatic carbocycles. The lowest BCUT2D eigenvalue weighted by atomic mass is 10.3. The van der Waals surface area contributed by atoms with E-state index >= 15 is 0 Å². The summed E-state index contributed by atoms with van der Waals surface area (Å²) in [7, 11) is 0. The van der Waals surface area contributed by atoms with E-state index < -0.39 is 0 Å². The second kappa shape index (κ2) is 3.71. The maximum atomic E-state index is 11.6. The van der Waals surface area contributed by atoms with Crippen molar-refractivity contribution in [1.29, 1.82) is 0 Å². The summed E-state index contributed by atoms with van der Waals surface area (Å²) < 4.78 is 1.47. The highest BCUT2D eigenvalue weighted by atomic mass is 32.1. The molecule has 2 heterocycles. The number of imidazole rings is 1. The number of hydrogen-bond acceptors (Lipinski definition) is 4. The van der Waals surface area contributed by atoms with Crippen LogP contribution in [0, 0.1) is 6.92 Å². The lowest BCUT2D eigenvalue weighted by Gasteiger charge is -1.96. The zero-order valence-electron chi connectivity index (χ0n) is 7.67. The van der Waals surface area contributed by atoms with Gasteiger partial charge in [0.25, 0.3) is 0 Å². The molecule has 5 heteroatoms. The highest BCUT2D eigenvalue weighted by Crippen LogP contribution is 2.09. The van der Waals surface area contributed by atoms with Crippen molar-refractivity contribution in [3.05, 3.63) is 34.8 Å². The molecular formula is C9H9N3OS. The molecule has 0 aliphatic heterocycles. The van der Waals surface area contributed by atoms with Gasteiger partial charge < -0.3 is 0 Å². The van der Waals surface area contributed by atoms with Crippen molar-refractivity contribution in [3.63, 3.8) is 0 Å². The molecule has 0 aromatic carbocycles. The van der Waals surface area contributed by atoms with E-state index in [0.717, 1.165) is 10.7 Å². The summed E-state index contributed by atoms with van der Waals surface area (Å²) in [5.74, 6) is -0.00667. The SMILES string of the molecule is Cc1nc(CC(=O)n2ccnc2)cs1. The van der Waals surface area contributed by atoms with Crippen molar-refractivity contribution in [2.75, 3.05) is 0 Å². The number of carbonyl (C=O) groups is 1. The Hall–Kier alpha value is -1.49. The first-order valence-corrected chi connectivity index (χ1v) is 5.06. The molecule has 4 nitrogen and oxygen atoms in total. The second-order valence-corrected chi connectivity index (χ2v) is 3.96. The molecule has 0 N–H and O–H groups in total. The predicted molar refractivity (Wildman–Crippen MR) is 53.4 cm³/mol. The Morgan fingerprint density at radius 3 is 3.07 bits per heavy atom. The molecule has 2 aromatic rings. The van der Waals surface area contributed by atoms with Gasteiger partial charge in [0, 0.05) is 17.8 Å². The van der Waals surface area contributed by atoms with Gasteiger partial charge in [-0.05, 0) is 6.92 Å². The number of rotatable bonds is 2. The Morgan fingerprint density at radius 2 is 2.50 bits per heavy atom. The first-order chi connectivity index (χ1) is 6.75. The van der Waals surface area contributed by atoms with Gasteiger partial charge in [-0.3, -0.25) is 9.36 Å². The molecule has 0 bridgehead atoms. The highest BCUT2D eigenvalue weighted by molar-refractivity contribution is 7.09. The van der Waals surface area contributed by atoms with Gasteiger partial charge in [-0.15, -0.1) is 11.3 Å². The van der Waals surface area contributed by atoms with E-state index in [1.54, 1.807) is 23.7 Å². The van der Waals surface area contributed by atoms with Gasteiger partial charge in [0.05, 0.1) is 17.1 Å². The largest absolute Gasteiger partial charge is 0.276 e. The predicted octanol–water partition coefficient (Wildman–Crippen LogP) is 1.53. The van der Waals surface area contributed by atoms with E-state index in [0.29, 0.717) is 6.42 Å². The molecular weight excluding hydrogens is 198 g/mol. The molecule has 0 radical (unpaired) electrons. The van der Waals surface area contributed by atoms with Crippen molar-refractivity contribution in [2.45, 2.75) is 13.3 Å². The zero-order valence-corrected chi connectivity index (χ0v) is 8.49. The third kappa shape index (κ3) is 1.88. The monoisotopic (exact) mass is 207 g/mol. The summed E-state index contributed by atoms with van der Waals surface area (Å²) >= 11 is 1.56. The molecule has 0 atom stereocenters. The second-order valence-electron chi connectivity index (χ2n) is 2.90. The van der Waals surface area contributed by atoms with Crippen LogP contribution in [-0.4, -0.2) is 20.4 Å². The molecule has 0 spiro atoms. The summed E-state index contributed by atoms with van der Waals surface area (Å²) in [6.45, 7) is 1.93. The summed E-state index contributed by atoms with van der Waals surface area (Å²) in [4.78, 5) is 19.6. The third-order valence-corrected chi connectivity index (χ3v) is 2.61. The van der Waals surface area contributed by atoms with Crippen LogP contribution >= 0.6 is 11.3 Å². The number of carbonyl (C=O) groups excluding carboxylic acids is 1. The van der Waals surface area contributed by atoms with Gasteiger partial charge >= 0.3 is 0 Å². The van der Waals surface area contributed by atoms with Gasteiger partial charge in [-0.2, -0.15) is 0 Å². The first kappa shape index (κ1) is 9.08. The van der Waals surface area contributed by atoms with Crippen molar-refractivity contribution in [3.8, 4) is 0 Å². The molecule has 0 amide bonds.